The molecule has 6 nitrogen and oxygen atoms in total. The number of hydrogen-bond donors (Lipinski definition) is 0. The number of carbonyl (C=O) groups is 1. The summed E-state index contributed by atoms with van der Waals surface area (Å²) in [5.41, 5.74) is 1.65. The van der Waals surface area contributed by atoms with Crippen LogP contribution in [-0.4, -0.2) is 49.9 Å². The highest BCUT2D eigenvalue weighted by molar-refractivity contribution is 7.22. The second-order valence-electron chi connectivity index (χ2n) is 10.2. The summed E-state index contributed by atoms with van der Waals surface area (Å²) in [4.78, 5) is 17.5. The first-order valence-corrected chi connectivity index (χ1v) is 13.8. The van der Waals surface area contributed by atoms with E-state index in [0.717, 1.165) is 56.6 Å². The van der Waals surface area contributed by atoms with E-state index in [2.05, 4.69) is 17.0 Å². The van der Waals surface area contributed by atoms with Crippen LogP contribution in [0.2, 0.25) is 5.02 Å². The third-order valence-corrected chi connectivity index (χ3v) is 7.75. The first kappa shape index (κ1) is 26.2. The summed E-state index contributed by atoms with van der Waals surface area (Å²) in [7, 11) is 1.67. The van der Waals surface area contributed by atoms with Gasteiger partial charge < -0.3 is 24.0 Å². The third kappa shape index (κ3) is 5.84. The van der Waals surface area contributed by atoms with E-state index in [0.29, 0.717) is 18.1 Å². The van der Waals surface area contributed by atoms with Gasteiger partial charge in [-0.2, -0.15) is 0 Å². The summed E-state index contributed by atoms with van der Waals surface area (Å²) in [5, 5.41) is 1.73. The molecule has 1 fully saturated rings. The van der Waals surface area contributed by atoms with Crippen molar-refractivity contribution in [3.63, 3.8) is 0 Å². The number of piperazine rings is 1. The number of anilines is 1. The SMILES string of the molecule is COc1ccc2c(Oc3ccc(N4CCN(C(=O)OC(C)(C)C)CC4)cc3)c(-c3ccc(Cl)cc3)sc2c1. The molecule has 0 radical (unpaired) electrons. The molecule has 0 N–H and O–H groups in total. The van der Waals surface area contributed by atoms with E-state index in [4.69, 9.17) is 25.8 Å². The Morgan fingerprint density at radius 1 is 0.895 bits per heavy atom. The molecule has 1 aliphatic rings. The Labute approximate surface area is 232 Å². The molecule has 1 amide bonds. The molecule has 5 rings (SSSR count). The molecular formula is C30H31ClN2O4S. The van der Waals surface area contributed by atoms with E-state index >= 15 is 0 Å². The van der Waals surface area contributed by atoms with Gasteiger partial charge in [0.1, 0.15) is 17.1 Å². The Morgan fingerprint density at radius 2 is 1.55 bits per heavy atom. The van der Waals surface area contributed by atoms with Crippen LogP contribution >= 0.6 is 22.9 Å². The molecule has 2 heterocycles. The van der Waals surface area contributed by atoms with Gasteiger partial charge in [-0.05, 0) is 80.9 Å². The van der Waals surface area contributed by atoms with Crippen molar-refractivity contribution in [1.29, 1.82) is 0 Å². The largest absolute Gasteiger partial charge is 0.497 e. The van der Waals surface area contributed by atoms with E-state index in [9.17, 15) is 4.79 Å². The van der Waals surface area contributed by atoms with Crippen molar-refractivity contribution in [2.45, 2.75) is 26.4 Å². The van der Waals surface area contributed by atoms with E-state index in [-0.39, 0.29) is 6.09 Å². The summed E-state index contributed by atoms with van der Waals surface area (Å²) in [6.45, 7) is 8.41. The molecule has 0 spiro atoms. The zero-order chi connectivity index (χ0) is 26.9. The second kappa shape index (κ2) is 10.8. The Balaban J connectivity index is 1.34. The molecule has 0 saturated carbocycles. The van der Waals surface area contributed by atoms with Crippen LogP contribution in [0.5, 0.6) is 17.2 Å². The fourth-order valence-corrected chi connectivity index (χ4v) is 5.68. The van der Waals surface area contributed by atoms with Crippen LogP contribution in [0.25, 0.3) is 20.5 Å². The molecule has 8 heteroatoms. The lowest BCUT2D eigenvalue weighted by Gasteiger charge is -2.36. The smallest absolute Gasteiger partial charge is 0.410 e. The topological polar surface area (TPSA) is 51.2 Å². The standard InChI is InChI=1S/C30H31ClN2O4S/c1-30(2,3)37-29(34)33-17-15-32(16-18-33)22-9-11-23(12-10-22)36-27-25-14-13-24(35-4)19-26(25)38-28(27)20-5-7-21(31)8-6-20/h5-14,19H,15-18H2,1-4H3. The average Bonchev–Trinajstić information content (AvgIpc) is 3.26. The van der Waals surface area contributed by atoms with Crippen molar-refractivity contribution in [3.05, 3.63) is 71.8 Å². The van der Waals surface area contributed by atoms with Crippen molar-refractivity contribution in [3.8, 4) is 27.7 Å². The molecule has 0 aliphatic carbocycles. The highest BCUT2D eigenvalue weighted by atomic mass is 35.5. The lowest BCUT2D eigenvalue weighted by Crippen LogP contribution is -2.50. The van der Waals surface area contributed by atoms with E-state index in [1.54, 1.807) is 23.3 Å². The fraction of sp³-hybridized carbons (Fsp3) is 0.300. The van der Waals surface area contributed by atoms with Gasteiger partial charge in [0.2, 0.25) is 0 Å². The first-order chi connectivity index (χ1) is 18.2. The number of fused-ring (bicyclic) bond motifs is 1. The summed E-state index contributed by atoms with van der Waals surface area (Å²) in [6, 6.07) is 22.0. The van der Waals surface area contributed by atoms with E-state index < -0.39 is 5.60 Å². The van der Waals surface area contributed by atoms with Crippen molar-refractivity contribution in [1.82, 2.24) is 4.90 Å². The minimum absolute atomic E-state index is 0.252. The third-order valence-electron chi connectivity index (χ3n) is 6.31. The Kier molecular flexibility index (Phi) is 7.41. The summed E-state index contributed by atoms with van der Waals surface area (Å²) >= 11 is 7.81. The van der Waals surface area contributed by atoms with Gasteiger partial charge >= 0.3 is 6.09 Å². The molecular weight excluding hydrogens is 520 g/mol. The molecule has 198 valence electrons. The molecule has 0 atom stereocenters. The van der Waals surface area contributed by atoms with Crippen LogP contribution < -0.4 is 14.4 Å². The number of ether oxygens (including phenoxy) is 3. The minimum Gasteiger partial charge on any atom is -0.497 e. The molecule has 38 heavy (non-hydrogen) atoms. The van der Waals surface area contributed by atoms with Crippen LogP contribution in [0.4, 0.5) is 10.5 Å². The van der Waals surface area contributed by atoms with Crippen molar-refractivity contribution in [2.75, 3.05) is 38.2 Å². The highest BCUT2D eigenvalue weighted by Crippen LogP contribution is 2.47. The van der Waals surface area contributed by atoms with Crippen molar-refractivity contribution < 1.29 is 19.0 Å². The Morgan fingerprint density at radius 3 is 2.18 bits per heavy atom. The monoisotopic (exact) mass is 550 g/mol. The normalized spacial score (nSPS) is 14.0. The van der Waals surface area contributed by atoms with Gasteiger partial charge in [0, 0.05) is 47.0 Å². The predicted octanol–water partition coefficient (Wildman–Crippen LogP) is 8.08. The molecule has 1 aliphatic heterocycles. The van der Waals surface area contributed by atoms with E-state index in [1.165, 1.54) is 0 Å². The van der Waals surface area contributed by atoms with Crippen LogP contribution in [0.3, 0.4) is 0 Å². The maximum Gasteiger partial charge on any atom is 0.410 e. The lowest BCUT2D eigenvalue weighted by atomic mass is 10.1. The number of nitrogens with zero attached hydrogens (tertiary/aromatic N) is 2. The number of rotatable bonds is 5. The second-order valence-corrected chi connectivity index (χ2v) is 11.7. The quantitative estimate of drug-likeness (QED) is 0.251. The van der Waals surface area contributed by atoms with Crippen molar-refractivity contribution in [2.24, 2.45) is 0 Å². The van der Waals surface area contributed by atoms with Gasteiger partial charge in [-0.1, -0.05) is 23.7 Å². The van der Waals surface area contributed by atoms with Gasteiger partial charge in [-0.3, -0.25) is 0 Å². The number of hydrogen-bond acceptors (Lipinski definition) is 6. The first-order valence-electron chi connectivity index (χ1n) is 12.6. The number of halogens is 1. The highest BCUT2D eigenvalue weighted by Gasteiger charge is 2.26. The number of thiophene rings is 1. The molecule has 1 saturated heterocycles. The number of amides is 1. The Bertz CT molecular complexity index is 1420. The van der Waals surface area contributed by atoms with E-state index in [1.807, 2.05) is 75.4 Å². The van der Waals surface area contributed by atoms with Gasteiger partial charge in [0.25, 0.3) is 0 Å². The van der Waals surface area contributed by atoms with Gasteiger partial charge in [0.05, 0.1) is 12.0 Å². The van der Waals surface area contributed by atoms with Crippen LogP contribution in [-0.2, 0) is 4.74 Å². The number of carbonyl (C=O) groups excluding carboxylic acids is 1. The fourth-order valence-electron chi connectivity index (χ4n) is 4.39. The summed E-state index contributed by atoms with van der Waals surface area (Å²) < 4.78 is 18.5. The molecule has 1 aromatic heterocycles. The van der Waals surface area contributed by atoms with Gasteiger partial charge in [-0.15, -0.1) is 11.3 Å². The minimum atomic E-state index is -0.489. The summed E-state index contributed by atoms with van der Waals surface area (Å²) in [6.07, 6.45) is -0.252. The predicted molar refractivity (Wildman–Crippen MR) is 155 cm³/mol. The summed E-state index contributed by atoms with van der Waals surface area (Å²) in [5.74, 6) is 2.38. The average molecular weight is 551 g/mol. The molecule has 3 aromatic carbocycles. The zero-order valence-corrected chi connectivity index (χ0v) is 23.6. The molecule has 4 aromatic rings. The maximum atomic E-state index is 12.4. The van der Waals surface area contributed by atoms with Crippen LogP contribution in [0, 0.1) is 0 Å². The molecule has 0 unspecified atom stereocenters. The lowest BCUT2D eigenvalue weighted by molar-refractivity contribution is 0.0240. The molecule has 0 bridgehead atoms. The zero-order valence-electron chi connectivity index (χ0n) is 22.0. The van der Waals surface area contributed by atoms with Crippen LogP contribution in [0.15, 0.2) is 66.7 Å². The maximum absolute atomic E-state index is 12.4. The number of benzene rings is 3. The van der Waals surface area contributed by atoms with Crippen molar-refractivity contribution >= 4 is 44.8 Å². The Hall–Kier alpha value is -3.42. The van der Waals surface area contributed by atoms with Gasteiger partial charge in [0.15, 0.2) is 5.75 Å². The number of methoxy groups -OCH3 is 1. The van der Waals surface area contributed by atoms with Gasteiger partial charge in [-0.25, -0.2) is 4.79 Å². The van der Waals surface area contributed by atoms with Crippen LogP contribution in [0.1, 0.15) is 20.8 Å².